The van der Waals surface area contributed by atoms with Gasteiger partial charge in [0.25, 0.3) is 0 Å². The Balaban J connectivity index is 2.33. The van der Waals surface area contributed by atoms with E-state index in [-0.39, 0.29) is 6.42 Å². The van der Waals surface area contributed by atoms with Crippen molar-refractivity contribution in [1.82, 2.24) is 0 Å². The maximum Gasteiger partial charge on any atom is 0.303 e. The van der Waals surface area contributed by atoms with E-state index in [1.807, 2.05) is 12.2 Å². The Morgan fingerprint density at radius 1 is 1.11 bits per heavy atom. The van der Waals surface area contributed by atoms with Crippen LogP contribution in [0.25, 0.3) is 0 Å². The van der Waals surface area contributed by atoms with Gasteiger partial charge in [0.1, 0.15) is 0 Å². The molecule has 5 atom stereocenters. The first kappa shape index (κ1) is 24.3. The number of hydrogen-bond acceptors (Lipinski definition) is 5. The molecular weight excluding hydrogens is 360 g/mol. The van der Waals surface area contributed by atoms with Gasteiger partial charge in [-0.2, -0.15) is 0 Å². The highest BCUT2D eigenvalue weighted by atomic mass is 16.5. The van der Waals surface area contributed by atoms with Crippen LogP contribution in [0.15, 0.2) is 48.6 Å². The third-order valence-electron chi connectivity index (χ3n) is 4.44. The van der Waals surface area contributed by atoms with Gasteiger partial charge in [0, 0.05) is 12.8 Å². The van der Waals surface area contributed by atoms with Gasteiger partial charge in [-0.3, -0.25) is 4.79 Å². The number of carbonyl (C=O) groups is 1. The van der Waals surface area contributed by atoms with Gasteiger partial charge in [0.2, 0.25) is 0 Å². The Kier molecular flexibility index (Phi) is 12.4. The first-order valence-electron chi connectivity index (χ1n) is 9.98. The number of hydrogen-bond donors (Lipinski definition) is 4. The monoisotopic (exact) mass is 394 g/mol. The van der Waals surface area contributed by atoms with Crippen molar-refractivity contribution >= 4 is 5.97 Å². The number of aliphatic hydroxyl groups is 3. The average molecular weight is 395 g/mol. The van der Waals surface area contributed by atoms with Crippen molar-refractivity contribution < 1.29 is 30.0 Å². The number of ether oxygens (including phenoxy) is 1. The van der Waals surface area contributed by atoms with E-state index >= 15 is 0 Å². The highest BCUT2D eigenvalue weighted by molar-refractivity contribution is 5.66. The minimum absolute atomic E-state index is 0.0731. The molecule has 0 bridgehead atoms. The minimum atomic E-state index is -0.901. The summed E-state index contributed by atoms with van der Waals surface area (Å²) in [4.78, 5) is 10.5. The lowest BCUT2D eigenvalue weighted by Gasteiger charge is -2.16. The summed E-state index contributed by atoms with van der Waals surface area (Å²) in [6, 6.07) is 0. The molecular formula is C22H34O6. The summed E-state index contributed by atoms with van der Waals surface area (Å²) >= 11 is 0. The van der Waals surface area contributed by atoms with Crippen LogP contribution < -0.4 is 0 Å². The molecule has 1 aliphatic rings. The summed E-state index contributed by atoms with van der Waals surface area (Å²) in [7, 11) is 0. The highest BCUT2D eigenvalue weighted by Gasteiger charge is 2.36. The first-order valence-corrected chi connectivity index (χ1v) is 9.98. The fourth-order valence-corrected chi connectivity index (χ4v) is 2.87. The van der Waals surface area contributed by atoms with Gasteiger partial charge in [0.05, 0.1) is 30.5 Å². The molecule has 0 aromatic heterocycles. The summed E-state index contributed by atoms with van der Waals surface area (Å²) < 4.78 is 5.71. The highest BCUT2D eigenvalue weighted by Crippen LogP contribution is 2.26. The van der Waals surface area contributed by atoms with Gasteiger partial charge >= 0.3 is 5.97 Å². The van der Waals surface area contributed by atoms with Gasteiger partial charge in [-0.05, 0) is 32.1 Å². The Morgan fingerprint density at radius 2 is 1.86 bits per heavy atom. The zero-order valence-corrected chi connectivity index (χ0v) is 16.6. The lowest BCUT2D eigenvalue weighted by Crippen LogP contribution is -2.24. The van der Waals surface area contributed by atoms with E-state index in [0.29, 0.717) is 25.7 Å². The van der Waals surface area contributed by atoms with E-state index in [1.165, 1.54) is 6.08 Å². The van der Waals surface area contributed by atoms with Crippen LogP contribution in [0.4, 0.5) is 0 Å². The minimum Gasteiger partial charge on any atom is -0.481 e. The van der Waals surface area contributed by atoms with Crippen LogP contribution in [-0.2, 0) is 9.53 Å². The Morgan fingerprint density at radius 3 is 2.57 bits per heavy atom. The third kappa shape index (κ3) is 10.6. The molecule has 0 radical (unpaired) electrons. The van der Waals surface area contributed by atoms with Crippen LogP contribution >= 0.6 is 0 Å². The molecule has 28 heavy (non-hydrogen) atoms. The van der Waals surface area contributed by atoms with Crippen molar-refractivity contribution in [3.05, 3.63) is 48.6 Å². The molecule has 158 valence electrons. The lowest BCUT2D eigenvalue weighted by atomic mass is 10.0. The molecule has 0 saturated carbocycles. The molecule has 0 unspecified atom stereocenters. The summed E-state index contributed by atoms with van der Waals surface area (Å²) in [6.07, 6.45) is 15.1. The lowest BCUT2D eigenvalue weighted by molar-refractivity contribution is -0.136. The fourth-order valence-electron chi connectivity index (χ4n) is 2.87. The third-order valence-corrected chi connectivity index (χ3v) is 4.44. The van der Waals surface area contributed by atoms with E-state index in [0.717, 1.165) is 12.8 Å². The molecule has 1 aliphatic heterocycles. The van der Waals surface area contributed by atoms with E-state index in [4.69, 9.17) is 9.84 Å². The standard InChI is InChI=1S/C22H34O6/c1-2-3-4-5-6-8-11-17(23)14-15-18(24)21-16-19(25)20(28-21)12-9-7-10-13-22(26)27/h3-4,6-9,14-15,17-21,23-25H,2,5,10-13,16H2,1H3,(H,26,27)/b4-3-,8-6-,9-7-,15-14+/t17-,18+,19-,20-,21+/m1/s1. The molecule has 1 rings (SSSR count). The molecule has 0 aliphatic carbocycles. The second kappa shape index (κ2) is 14.3. The zero-order chi connectivity index (χ0) is 20.8. The largest absolute Gasteiger partial charge is 0.481 e. The summed E-state index contributed by atoms with van der Waals surface area (Å²) in [5.41, 5.74) is 0. The van der Waals surface area contributed by atoms with Crippen LogP contribution in [0, 0.1) is 0 Å². The van der Waals surface area contributed by atoms with Crippen molar-refractivity contribution in [3.63, 3.8) is 0 Å². The molecule has 1 heterocycles. The van der Waals surface area contributed by atoms with Crippen molar-refractivity contribution in [2.75, 3.05) is 0 Å². The van der Waals surface area contributed by atoms with Gasteiger partial charge in [-0.1, -0.05) is 55.5 Å². The Bertz CT molecular complexity index is 551. The van der Waals surface area contributed by atoms with Crippen LogP contribution in [0.3, 0.4) is 0 Å². The average Bonchev–Trinajstić information content (AvgIpc) is 3.03. The quantitative estimate of drug-likeness (QED) is 0.358. The molecule has 0 aromatic carbocycles. The summed E-state index contributed by atoms with van der Waals surface area (Å²) in [5.74, 6) is -0.845. The van der Waals surface area contributed by atoms with E-state index < -0.39 is 36.5 Å². The Hall–Kier alpha value is -1.73. The molecule has 1 fully saturated rings. The zero-order valence-electron chi connectivity index (χ0n) is 16.6. The Labute approximate surface area is 167 Å². The fraction of sp³-hybridized carbons (Fsp3) is 0.591. The topological polar surface area (TPSA) is 107 Å². The molecule has 0 spiro atoms. The number of rotatable bonds is 13. The van der Waals surface area contributed by atoms with E-state index in [2.05, 4.69) is 19.1 Å². The van der Waals surface area contributed by atoms with Crippen molar-refractivity contribution in [2.45, 2.75) is 82.4 Å². The second-order valence-electron chi connectivity index (χ2n) is 6.92. The van der Waals surface area contributed by atoms with E-state index in [9.17, 15) is 20.1 Å². The number of aliphatic carboxylic acids is 1. The molecule has 0 aromatic rings. The molecule has 4 N–H and O–H groups in total. The molecule has 6 nitrogen and oxygen atoms in total. The number of carboxylic acid groups (broad SMARTS) is 1. The van der Waals surface area contributed by atoms with Crippen molar-refractivity contribution in [3.8, 4) is 0 Å². The number of carboxylic acids is 1. The van der Waals surface area contributed by atoms with Crippen molar-refractivity contribution in [1.29, 1.82) is 0 Å². The van der Waals surface area contributed by atoms with E-state index in [1.54, 1.807) is 18.2 Å². The predicted molar refractivity (Wildman–Crippen MR) is 109 cm³/mol. The van der Waals surface area contributed by atoms with Crippen LogP contribution in [-0.4, -0.2) is 56.9 Å². The number of allylic oxidation sites excluding steroid dienone is 4. The smallest absolute Gasteiger partial charge is 0.303 e. The summed E-state index contributed by atoms with van der Waals surface area (Å²) in [5, 5.41) is 38.8. The molecule has 1 saturated heterocycles. The summed E-state index contributed by atoms with van der Waals surface area (Å²) in [6.45, 7) is 2.08. The van der Waals surface area contributed by atoms with Gasteiger partial charge < -0.3 is 25.2 Å². The maximum atomic E-state index is 10.5. The van der Waals surface area contributed by atoms with Gasteiger partial charge in [-0.15, -0.1) is 0 Å². The van der Waals surface area contributed by atoms with Gasteiger partial charge in [-0.25, -0.2) is 0 Å². The predicted octanol–water partition coefficient (Wildman–Crippen LogP) is 2.90. The normalized spacial score (nSPS) is 25.5. The second-order valence-corrected chi connectivity index (χ2v) is 6.92. The number of aliphatic hydroxyl groups excluding tert-OH is 3. The van der Waals surface area contributed by atoms with Crippen LogP contribution in [0.2, 0.25) is 0 Å². The molecule has 6 heteroatoms. The van der Waals surface area contributed by atoms with Crippen LogP contribution in [0.1, 0.15) is 51.9 Å². The molecule has 0 amide bonds. The van der Waals surface area contributed by atoms with Crippen molar-refractivity contribution in [2.24, 2.45) is 0 Å². The maximum absolute atomic E-state index is 10.5. The van der Waals surface area contributed by atoms with Crippen LogP contribution in [0.5, 0.6) is 0 Å². The first-order chi connectivity index (χ1) is 13.4. The SMILES string of the molecule is CC/C=C\C/C=C\C[C@@H](O)/C=C/[C@H](O)[C@@H]1C[C@@H](O)[C@@H](C/C=C\CCC(=O)O)O1. The van der Waals surface area contributed by atoms with Gasteiger partial charge in [0.15, 0.2) is 0 Å².